The molecule has 0 amide bonds. The summed E-state index contributed by atoms with van der Waals surface area (Å²) in [5.41, 5.74) is 3.21. The van der Waals surface area contributed by atoms with E-state index in [0.29, 0.717) is 16.8 Å². The molecular formula is C23H16AgN5O. The predicted molar refractivity (Wildman–Crippen MR) is 109 cm³/mol. The summed E-state index contributed by atoms with van der Waals surface area (Å²) >= 11 is 0. The van der Waals surface area contributed by atoms with Gasteiger partial charge >= 0.3 is 22.4 Å². The van der Waals surface area contributed by atoms with Crippen LogP contribution in [-0.4, -0.2) is 24.2 Å². The number of aromatic nitrogens is 1. The third-order valence-corrected chi connectivity index (χ3v) is 4.47. The number of nitrogens with zero attached hydrogens (tertiary/aromatic N) is 5. The van der Waals surface area contributed by atoms with Gasteiger partial charge in [-0.1, -0.05) is 41.1 Å². The van der Waals surface area contributed by atoms with Crippen LogP contribution in [0.5, 0.6) is 5.75 Å². The van der Waals surface area contributed by atoms with Crippen LogP contribution in [0, 0.1) is 39.9 Å². The molecule has 0 aliphatic rings. The Bertz CT molecular complexity index is 1170. The van der Waals surface area contributed by atoms with Gasteiger partial charge in [0.25, 0.3) is 0 Å². The number of hydrogen-bond donors (Lipinski definition) is 1. The molecule has 0 radical (unpaired) electrons. The van der Waals surface area contributed by atoms with Crippen molar-refractivity contribution in [1.82, 2.24) is 4.98 Å². The molecular weight excluding hydrogens is 470 g/mol. The van der Waals surface area contributed by atoms with Crippen LogP contribution in [0.25, 0.3) is 22.4 Å². The second-order valence-corrected chi connectivity index (χ2v) is 6.45. The first kappa shape index (κ1) is 22.6. The number of aromatic hydroxyl groups is 1. The summed E-state index contributed by atoms with van der Waals surface area (Å²) in [4.78, 5) is 6.33. The van der Waals surface area contributed by atoms with Gasteiger partial charge in [0.15, 0.2) is 0 Å². The van der Waals surface area contributed by atoms with Gasteiger partial charge in [-0.25, -0.2) is 15.8 Å². The number of pyridine rings is 1. The van der Waals surface area contributed by atoms with Gasteiger partial charge in [-0.05, 0) is 35.9 Å². The normalized spacial score (nSPS) is 9.43. The second-order valence-electron chi connectivity index (χ2n) is 6.45. The van der Waals surface area contributed by atoms with Crippen molar-refractivity contribution in [2.45, 2.75) is 0 Å². The standard InChI is InChI=1S/C23H16N5O.Ag/c1-28(2)17-9-7-15(8-10-17)19-11-21(18-5-3-4-6-22(18)29)27-23(20(19)14-26)16(12-24)13-25;/h3-11,29H,1-2H3;/q-1;+1. The molecule has 0 fully saturated rings. The van der Waals surface area contributed by atoms with Crippen LogP contribution in [0.15, 0.2) is 54.6 Å². The average molecular weight is 486 g/mol. The topological polar surface area (TPSA) is 108 Å². The van der Waals surface area contributed by atoms with E-state index in [4.69, 9.17) is 0 Å². The quantitative estimate of drug-likeness (QED) is 0.441. The summed E-state index contributed by atoms with van der Waals surface area (Å²) in [7, 11) is 3.86. The molecule has 150 valence electrons. The van der Waals surface area contributed by atoms with E-state index >= 15 is 0 Å². The molecule has 0 aliphatic heterocycles. The molecule has 0 aliphatic carbocycles. The van der Waals surface area contributed by atoms with Gasteiger partial charge in [-0.3, -0.25) is 4.98 Å². The van der Waals surface area contributed by atoms with E-state index in [-0.39, 0.29) is 45.3 Å². The summed E-state index contributed by atoms with van der Waals surface area (Å²) in [5, 5.41) is 38.7. The summed E-state index contributed by atoms with van der Waals surface area (Å²) in [6.07, 6.45) is 0. The summed E-state index contributed by atoms with van der Waals surface area (Å²) in [5.74, 6) is -0.245. The maximum absolute atomic E-state index is 10.2. The zero-order valence-corrected chi connectivity index (χ0v) is 17.7. The van der Waals surface area contributed by atoms with Crippen molar-refractivity contribution < 1.29 is 27.5 Å². The minimum Gasteiger partial charge on any atom is -0.507 e. The van der Waals surface area contributed by atoms with Crippen molar-refractivity contribution in [1.29, 1.82) is 15.8 Å². The van der Waals surface area contributed by atoms with Gasteiger partial charge in [0, 0.05) is 49.5 Å². The molecule has 3 aromatic rings. The number of benzene rings is 2. The fourth-order valence-corrected chi connectivity index (χ4v) is 2.97. The molecule has 1 N–H and O–H groups in total. The van der Waals surface area contributed by atoms with E-state index in [1.807, 2.05) is 55.4 Å². The fourth-order valence-electron chi connectivity index (χ4n) is 2.97. The predicted octanol–water partition coefficient (Wildman–Crippen LogP) is 4.03. The Kier molecular flexibility index (Phi) is 7.26. The Morgan fingerprint density at radius 2 is 1.57 bits per heavy atom. The van der Waals surface area contributed by atoms with Crippen LogP contribution in [0.4, 0.5) is 5.69 Å². The van der Waals surface area contributed by atoms with E-state index in [1.54, 1.807) is 24.3 Å². The van der Waals surface area contributed by atoms with Crippen molar-refractivity contribution in [3.8, 4) is 46.3 Å². The van der Waals surface area contributed by atoms with Crippen molar-refractivity contribution in [3.05, 3.63) is 71.8 Å². The van der Waals surface area contributed by atoms with Crippen LogP contribution < -0.4 is 4.90 Å². The Labute approximate surface area is 190 Å². The summed E-state index contributed by atoms with van der Waals surface area (Å²) in [6.45, 7) is 0. The molecule has 7 heteroatoms. The van der Waals surface area contributed by atoms with Gasteiger partial charge in [0.2, 0.25) is 0 Å². The molecule has 0 atom stereocenters. The number of phenols is 1. The number of para-hydroxylation sites is 1. The third kappa shape index (κ3) is 4.30. The zero-order chi connectivity index (χ0) is 21.0. The second kappa shape index (κ2) is 9.65. The molecule has 6 nitrogen and oxygen atoms in total. The average Bonchev–Trinajstić information content (AvgIpc) is 2.74. The first-order valence-electron chi connectivity index (χ1n) is 8.69. The Morgan fingerprint density at radius 3 is 2.10 bits per heavy atom. The van der Waals surface area contributed by atoms with Crippen LogP contribution >= 0.6 is 0 Å². The number of anilines is 1. The number of phenolic OH excluding ortho intramolecular Hbond substituents is 1. The Hall–Kier alpha value is -3.73. The molecule has 0 saturated carbocycles. The van der Waals surface area contributed by atoms with Crippen molar-refractivity contribution >= 4 is 5.69 Å². The van der Waals surface area contributed by atoms with Crippen molar-refractivity contribution in [2.24, 2.45) is 0 Å². The zero-order valence-electron chi connectivity index (χ0n) is 16.2. The number of rotatable bonds is 4. The Balaban J connectivity index is 0.00000320. The van der Waals surface area contributed by atoms with Crippen molar-refractivity contribution in [3.63, 3.8) is 0 Å². The van der Waals surface area contributed by atoms with E-state index in [2.05, 4.69) is 11.1 Å². The van der Waals surface area contributed by atoms with Crippen LogP contribution in [0.3, 0.4) is 0 Å². The van der Waals surface area contributed by atoms with E-state index < -0.39 is 0 Å². The fraction of sp³-hybridized carbons (Fsp3) is 0.0870. The third-order valence-electron chi connectivity index (χ3n) is 4.47. The largest absolute Gasteiger partial charge is 1.00 e. The molecule has 2 aromatic carbocycles. The number of hydrogen-bond acceptors (Lipinski definition) is 6. The molecule has 0 unspecified atom stereocenters. The van der Waals surface area contributed by atoms with E-state index in [0.717, 1.165) is 11.3 Å². The minimum absolute atomic E-state index is 0. The maximum atomic E-state index is 10.2. The van der Waals surface area contributed by atoms with Crippen LogP contribution in [0.1, 0.15) is 11.3 Å². The smallest absolute Gasteiger partial charge is 0.507 e. The molecule has 30 heavy (non-hydrogen) atoms. The maximum Gasteiger partial charge on any atom is 1.00 e. The monoisotopic (exact) mass is 485 g/mol. The SMILES string of the molecule is CN(C)c1ccc(-c2cc(-c3ccccc3O)nc([C-](C#N)C#N)c2C#N)cc1.[Ag+]. The first-order chi connectivity index (χ1) is 14.0. The molecule has 1 heterocycles. The van der Waals surface area contributed by atoms with E-state index in [9.17, 15) is 20.9 Å². The van der Waals surface area contributed by atoms with Crippen LogP contribution in [0.2, 0.25) is 0 Å². The summed E-state index contributed by atoms with van der Waals surface area (Å²) < 4.78 is 0. The van der Waals surface area contributed by atoms with Gasteiger partial charge < -0.3 is 10.0 Å². The van der Waals surface area contributed by atoms with Crippen LogP contribution in [-0.2, 0) is 22.4 Å². The molecule has 3 rings (SSSR count). The van der Waals surface area contributed by atoms with Gasteiger partial charge in [-0.2, -0.15) is 0 Å². The van der Waals surface area contributed by atoms with E-state index in [1.165, 1.54) is 6.07 Å². The molecule has 0 spiro atoms. The van der Waals surface area contributed by atoms with Gasteiger partial charge in [-0.15, -0.1) is 0 Å². The molecule has 0 saturated heterocycles. The molecule has 0 bridgehead atoms. The van der Waals surface area contributed by atoms with Gasteiger partial charge in [0.1, 0.15) is 5.75 Å². The number of nitriles is 3. The first-order valence-corrected chi connectivity index (χ1v) is 8.69. The Morgan fingerprint density at radius 1 is 0.933 bits per heavy atom. The summed E-state index contributed by atoms with van der Waals surface area (Å²) in [6, 6.07) is 21.6. The minimum atomic E-state index is -0.259. The molecule has 1 aromatic heterocycles. The van der Waals surface area contributed by atoms with Gasteiger partial charge in [0.05, 0.1) is 5.69 Å². The van der Waals surface area contributed by atoms with Crippen molar-refractivity contribution in [2.75, 3.05) is 19.0 Å².